The van der Waals surface area contributed by atoms with Gasteiger partial charge in [-0.3, -0.25) is 0 Å². The van der Waals surface area contributed by atoms with Crippen LogP contribution in [0.15, 0.2) is 48.5 Å². The van der Waals surface area contributed by atoms with Gasteiger partial charge >= 0.3 is 0 Å². The van der Waals surface area contributed by atoms with Crippen LogP contribution >= 0.6 is 46.4 Å². The molecule has 2 aromatic heterocycles. The van der Waals surface area contributed by atoms with Crippen LogP contribution in [0, 0.1) is 0 Å². The van der Waals surface area contributed by atoms with E-state index in [2.05, 4.69) is 65.8 Å². The molecule has 0 atom stereocenters. The Bertz CT molecular complexity index is 2230. The second-order valence-corrected chi connectivity index (χ2v) is 15.4. The van der Waals surface area contributed by atoms with Gasteiger partial charge in [-0.05, 0) is 70.5 Å². The summed E-state index contributed by atoms with van der Waals surface area (Å²) in [5, 5.41) is 8.03. The summed E-state index contributed by atoms with van der Waals surface area (Å²) >= 11 is 25.8. The number of fused-ring (bicyclic) bond motifs is 8. The highest BCUT2D eigenvalue weighted by Crippen LogP contribution is 2.47. The maximum Gasteiger partial charge on any atom is 0.0979 e. The van der Waals surface area contributed by atoms with Gasteiger partial charge in [-0.25, -0.2) is 19.9 Å². The summed E-state index contributed by atoms with van der Waals surface area (Å²) in [5.74, 6) is 0. The fourth-order valence-corrected chi connectivity index (χ4v) is 6.92. The van der Waals surface area contributed by atoms with Crippen molar-refractivity contribution in [2.45, 2.75) is 52.4 Å². The van der Waals surface area contributed by atoms with Gasteiger partial charge in [0.2, 0.25) is 0 Å². The molecule has 8 rings (SSSR count). The van der Waals surface area contributed by atoms with E-state index in [0.717, 1.165) is 65.5 Å². The summed E-state index contributed by atoms with van der Waals surface area (Å²) in [5.41, 5.74) is 8.05. The molecular weight excluding hydrogens is 630 g/mol. The lowest BCUT2D eigenvalue weighted by atomic mass is 9.80. The first-order chi connectivity index (χ1) is 20.7. The maximum atomic E-state index is 6.46. The molecule has 0 radical (unpaired) electrons. The van der Waals surface area contributed by atoms with E-state index in [1.807, 2.05) is 0 Å². The third kappa shape index (κ3) is 4.04. The average Bonchev–Trinajstić information content (AvgIpc) is 2.95. The van der Waals surface area contributed by atoms with E-state index >= 15 is 0 Å². The van der Waals surface area contributed by atoms with Crippen LogP contribution in [0.3, 0.4) is 0 Å². The molecule has 4 nitrogen and oxygen atoms in total. The topological polar surface area (TPSA) is 51.6 Å². The van der Waals surface area contributed by atoms with E-state index < -0.39 is 0 Å². The number of hydrogen-bond acceptors (Lipinski definition) is 4. The highest BCUT2D eigenvalue weighted by Gasteiger charge is 2.26. The number of rotatable bonds is 0. The monoisotopic (exact) mass is 654 g/mol. The van der Waals surface area contributed by atoms with Crippen LogP contribution in [-0.4, -0.2) is 19.9 Å². The first-order valence-electron chi connectivity index (χ1n) is 14.4. The molecule has 0 spiro atoms. The Kier molecular flexibility index (Phi) is 5.86. The predicted molar refractivity (Wildman–Crippen MR) is 189 cm³/mol. The molecule has 0 aliphatic heterocycles. The maximum absolute atomic E-state index is 6.46. The SMILES string of the molecule is CC(C)(C)c1cc2c3nc4cc(Cl)c(Cl)cc4nc3c3cc(C(C)(C)C)cc4c5nc6cc(Cl)c(Cl)cc6nc5c(c1)c2c34. The molecule has 0 fully saturated rings. The minimum atomic E-state index is -0.148. The molecular formula is C36H26Cl4N4. The zero-order chi connectivity index (χ0) is 31.0. The third-order valence-corrected chi connectivity index (χ3v) is 10.1. The summed E-state index contributed by atoms with van der Waals surface area (Å²) in [7, 11) is 0. The Morgan fingerprint density at radius 2 is 0.614 bits per heavy atom. The first kappa shape index (κ1) is 28.2. The van der Waals surface area contributed by atoms with Gasteiger partial charge in [0.25, 0.3) is 0 Å². The second-order valence-electron chi connectivity index (χ2n) is 13.7. The summed E-state index contributed by atoms with van der Waals surface area (Å²) in [6.07, 6.45) is 0. The van der Waals surface area contributed by atoms with E-state index in [4.69, 9.17) is 66.3 Å². The van der Waals surface area contributed by atoms with Gasteiger partial charge in [0.15, 0.2) is 0 Å². The van der Waals surface area contributed by atoms with Crippen molar-refractivity contribution in [1.82, 2.24) is 19.9 Å². The minimum Gasteiger partial charge on any atom is -0.244 e. The fourth-order valence-electron chi connectivity index (χ4n) is 6.29. The molecule has 0 aliphatic carbocycles. The Balaban J connectivity index is 1.73. The first-order valence-corrected chi connectivity index (χ1v) is 15.9. The van der Waals surface area contributed by atoms with Gasteiger partial charge in [0, 0.05) is 32.3 Å². The molecule has 218 valence electrons. The van der Waals surface area contributed by atoms with Gasteiger partial charge in [0.1, 0.15) is 0 Å². The fraction of sp³-hybridized carbons (Fsp3) is 0.222. The zero-order valence-electron chi connectivity index (χ0n) is 24.9. The second kappa shape index (κ2) is 9.14. The van der Waals surface area contributed by atoms with Crippen molar-refractivity contribution in [2.24, 2.45) is 0 Å². The Labute approximate surface area is 273 Å². The smallest absolute Gasteiger partial charge is 0.0979 e. The molecule has 0 saturated heterocycles. The van der Waals surface area contributed by atoms with Crippen molar-refractivity contribution in [1.29, 1.82) is 0 Å². The van der Waals surface area contributed by atoms with E-state index in [9.17, 15) is 0 Å². The summed E-state index contributed by atoms with van der Waals surface area (Å²) in [6, 6.07) is 16.2. The van der Waals surface area contributed by atoms with Gasteiger partial charge in [0.05, 0.1) is 64.2 Å². The quantitative estimate of drug-likeness (QED) is 0.120. The van der Waals surface area contributed by atoms with Crippen molar-refractivity contribution in [3.8, 4) is 0 Å². The largest absolute Gasteiger partial charge is 0.244 e. The molecule has 8 heteroatoms. The lowest BCUT2D eigenvalue weighted by Gasteiger charge is -2.25. The minimum absolute atomic E-state index is 0.148. The van der Waals surface area contributed by atoms with Crippen molar-refractivity contribution in [3.05, 3.63) is 79.7 Å². The Morgan fingerprint density at radius 1 is 0.386 bits per heavy atom. The number of nitrogens with zero attached hydrogens (tertiary/aromatic N) is 4. The summed E-state index contributed by atoms with van der Waals surface area (Å²) in [4.78, 5) is 20.9. The molecule has 0 bridgehead atoms. The lowest BCUT2D eigenvalue weighted by Crippen LogP contribution is -2.12. The van der Waals surface area contributed by atoms with E-state index in [1.165, 1.54) is 0 Å². The molecule has 0 aliphatic rings. The van der Waals surface area contributed by atoms with Crippen molar-refractivity contribution in [3.63, 3.8) is 0 Å². The van der Waals surface area contributed by atoms with Crippen LogP contribution in [0.1, 0.15) is 52.7 Å². The number of aromatic nitrogens is 4. The van der Waals surface area contributed by atoms with Crippen LogP contribution in [0.2, 0.25) is 20.1 Å². The third-order valence-electron chi connectivity index (χ3n) is 8.69. The van der Waals surface area contributed by atoms with E-state index in [0.29, 0.717) is 42.2 Å². The van der Waals surface area contributed by atoms with Gasteiger partial charge in [-0.2, -0.15) is 0 Å². The molecule has 0 saturated carbocycles. The molecule has 8 aromatic rings. The summed E-state index contributed by atoms with van der Waals surface area (Å²) in [6.45, 7) is 13.3. The number of hydrogen-bond donors (Lipinski definition) is 0. The molecule has 44 heavy (non-hydrogen) atoms. The molecule has 0 N–H and O–H groups in total. The van der Waals surface area contributed by atoms with Crippen LogP contribution in [-0.2, 0) is 10.8 Å². The van der Waals surface area contributed by atoms with E-state index in [-0.39, 0.29) is 10.8 Å². The Morgan fingerprint density at radius 3 is 0.818 bits per heavy atom. The standard InChI is InChI=1S/C36H26Cl4N4/c1-35(2,3)15-7-17-29-18(8-15)32-34(44-28-14-24(40)22(38)12-26(28)42-32)20-10-16(36(4,5)6)9-19(30(20)29)33-31(17)41-25-11-21(37)23(39)13-27(25)43-33/h7-14H,1-6H3. The van der Waals surface area contributed by atoms with Gasteiger partial charge in [-0.1, -0.05) is 87.9 Å². The molecule has 0 amide bonds. The van der Waals surface area contributed by atoms with Gasteiger partial charge < -0.3 is 0 Å². The Hall–Kier alpha value is -3.28. The van der Waals surface area contributed by atoms with Crippen LogP contribution < -0.4 is 0 Å². The van der Waals surface area contributed by atoms with Gasteiger partial charge in [-0.15, -0.1) is 0 Å². The highest BCUT2D eigenvalue weighted by atomic mass is 35.5. The van der Waals surface area contributed by atoms with Crippen LogP contribution in [0.25, 0.3) is 76.5 Å². The molecule has 2 heterocycles. The number of benzene rings is 6. The van der Waals surface area contributed by atoms with Crippen LogP contribution in [0.4, 0.5) is 0 Å². The normalized spacial score (nSPS) is 13.2. The lowest BCUT2D eigenvalue weighted by molar-refractivity contribution is 0.591. The van der Waals surface area contributed by atoms with E-state index in [1.54, 1.807) is 24.3 Å². The molecule has 6 aromatic carbocycles. The number of halogens is 4. The van der Waals surface area contributed by atoms with Crippen molar-refractivity contribution >= 4 is 123 Å². The predicted octanol–water partition coefficient (Wildman–Crippen LogP) is 12.0. The average molecular weight is 656 g/mol. The van der Waals surface area contributed by atoms with Crippen molar-refractivity contribution < 1.29 is 0 Å². The summed E-state index contributed by atoms with van der Waals surface area (Å²) < 4.78 is 0. The van der Waals surface area contributed by atoms with Crippen LogP contribution in [0.5, 0.6) is 0 Å². The highest BCUT2D eigenvalue weighted by molar-refractivity contribution is 6.44. The zero-order valence-corrected chi connectivity index (χ0v) is 27.9. The van der Waals surface area contributed by atoms with Crippen molar-refractivity contribution in [2.75, 3.05) is 0 Å². The molecule has 0 unspecified atom stereocenters.